The van der Waals surface area contributed by atoms with Crippen molar-refractivity contribution in [2.75, 3.05) is 26.7 Å². The molecule has 1 aromatic rings. The Bertz CT molecular complexity index is 536. The second-order valence-electron chi connectivity index (χ2n) is 5.28. The van der Waals surface area contributed by atoms with Crippen molar-refractivity contribution in [3.63, 3.8) is 0 Å². The van der Waals surface area contributed by atoms with Gasteiger partial charge in [-0.1, -0.05) is 6.92 Å². The number of thiophene rings is 1. The lowest BCUT2D eigenvalue weighted by Crippen LogP contribution is -2.36. The molecule has 120 valence electrons. The quantitative estimate of drug-likeness (QED) is 0.830. The van der Waals surface area contributed by atoms with Crippen LogP contribution in [0.15, 0.2) is 16.3 Å². The van der Waals surface area contributed by atoms with Gasteiger partial charge in [-0.2, -0.15) is 4.31 Å². The lowest BCUT2D eigenvalue weighted by molar-refractivity contribution is 0.00860. The first-order valence-corrected chi connectivity index (χ1v) is 9.67. The highest BCUT2D eigenvalue weighted by molar-refractivity contribution is 7.91. The summed E-state index contributed by atoms with van der Waals surface area (Å²) < 4.78 is 32.6. The molecule has 1 aromatic heterocycles. The third-order valence-electron chi connectivity index (χ3n) is 3.59. The van der Waals surface area contributed by atoms with Crippen LogP contribution in [0.1, 0.15) is 31.1 Å². The van der Waals surface area contributed by atoms with Gasteiger partial charge in [0.15, 0.2) is 0 Å². The lowest BCUT2D eigenvalue weighted by Gasteiger charge is -2.26. The molecule has 1 N–H and O–H groups in total. The smallest absolute Gasteiger partial charge is 0.252 e. The maximum atomic E-state index is 12.6. The number of rotatable bonds is 7. The molecule has 1 saturated heterocycles. The molecule has 2 heterocycles. The van der Waals surface area contributed by atoms with Crippen LogP contribution in [0.5, 0.6) is 0 Å². The molecule has 0 aromatic carbocycles. The van der Waals surface area contributed by atoms with E-state index in [4.69, 9.17) is 4.74 Å². The van der Waals surface area contributed by atoms with Gasteiger partial charge in [0.05, 0.1) is 6.10 Å². The predicted molar refractivity (Wildman–Crippen MR) is 85.1 cm³/mol. The van der Waals surface area contributed by atoms with Gasteiger partial charge in [-0.05, 0) is 37.9 Å². The van der Waals surface area contributed by atoms with Crippen molar-refractivity contribution in [1.29, 1.82) is 0 Å². The molecule has 0 bridgehead atoms. The molecular formula is C14H24N2O3S2. The zero-order valence-corrected chi connectivity index (χ0v) is 14.3. The Labute approximate surface area is 131 Å². The molecule has 1 unspecified atom stereocenters. The minimum absolute atomic E-state index is 0.0275. The molecule has 5 nitrogen and oxygen atoms in total. The van der Waals surface area contributed by atoms with Gasteiger partial charge >= 0.3 is 0 Å². The Morgan fingerprint density at radius 2 is 2.24 bits per heavy atom. The third-order valence-corrected chi connectivity index (χ3v) is 6.96. The second kappa shape index (κ2) is 7.69. The molecule has 21 heavy (non-hydrogen) atoms. The van der Waals surface area contributed by atoms with Crippen molar-refractivity contribution < 1.29 is 13.2 Å². The van der Waals surface area contributed by atoms with Crippen molar-refractivity contribution in [1.82, 2.24) is 9.62 Å². The van der Waals surface area contributed by atoms with Crippen molar-refractivity contribution >= 4 is 21.4 Å². The fraction of sp³-hybridized carbons (Fsp3) is 0.714. The maximum Gasteiger partial charge on any atom is 0.252 e. The van der Waals surface area contributed by atoms with Crippen molar-refractivity contribution in [2.24, 2.45) is 0 Å². The van der Waals surface area contributed by atoms with Gasteiger partial charge in [0.2, 0.25) is 0 Å². The summed E-state index contributed by atoms with van der Waals surface area (Å²) in [5.41, 5.74) is 0. The van der Waals surface area contributed by atoms with Gasteiger partial charge in [0.1, 0.15) is 4.21 Å². The van der Waals surface area contributed by atoms with Crippen LogP contribution in [0.3, 0.4) is 0 Å². The highest BCUT2D eigenvalue weighted by Gasteiger charge is 2.26. The summed E-state index contributed by atoms with van der Waals surface area (Å²) in [5, 5.41) is 3.21. The molecule has 0 amide bonds. The third kappa shape index (κ3) is 4.50. The van der Waals surface area contributed by atoms with Crippen LogP contribution in [0, 0.1) is 0 Å². The molecule has 0 spiro atoms. The molecule has 1 atom stereocenters. The van der Waals surface area contributed by atoms with Crippen LogP contribution >= 0.6 is 11.3 Å². The van der Waals surface area contributed by atoms with Crippen LogP contribution in [0.4, 0.5) is 0 Å². The summed E-state index contributed by atoms with van der Waals surface area (Å²) >= 11 is 1.34. The van der Waals surface area contributed by atoms with E-state index in [2.05, 4.69) is 5.32 Å². The molecule has 1 aliphatic rings. The monoisotopic (exact) mass is 332 g/mol. The molecule has 0 radical (unpaired) electrons. The fourth-order valence-electron chi connectivity index (χ4n) is 2.33. The first-order valence-electron chi connectivity index (χ1n) is 7.41. The number of hydrogen-bond acceptors (Lipinski definition) is 5. The van der Waals surface area contributed by atoms with Gasteiger partial charge in [-0.25, -0.2) is 8.42 Å². The van der Waals surface area contributed by atoms with E-state index >= 15 is 0 Å². The largest absolute Gasteiger partial charge is 0.377 e. The Kier molecular flexibility index (Phi) is 6.19. The highest BCUT2D eigenvalue weighted by Crippen LogP contribution is 2.25. The Morgan fingerprint density at radius 1 is 1.43 bits per heavy atom. The minimum atomic E-state index is -3.40. The molecule has 0 saturated carbocycles. The average Bonchev–Trinajstić information content (AvgIpc) is 2.95. The van der Waals surface area contributed by atoms with Gasteiger partial charge in [0, 0.05) is 31.6 Å². The highest BCUT2D eigenvalue weighted by atomic mass is 32.2. The number of nitrogens with zero attached hydrogens (tertiary/aromatic N) is 1. The normalized spacial score (nSPS) is 20.0. The zero-order valence-electron chi connectivity index (χ0n) is 12.7. The molecule has 1 aliphatic heterocycles. The summed E-state index contributed by atoms with van der Waals surface area (Å²) in [4.78, 5) is 1.04. The van der Waals surface area contributed by atoms with Crippen LogP contribution in [0.2, 0.25) is 0 Å². The van der Waals surface area contributed by atoms with Crippen molar-refractivity contribution in [3.05, 3.63) is 17.0 Å². The summed E-state index contributed by atoms with van der Waals surface area (Å²) in [6.45, 7) is 4.79. The minimum Gasteiger partial charge on any atom is -0.377 e. The molecule has 1 fully saturated rings. The van der Waals surface area contributed by atoms with Crippen LogP contribution in [-0.4, -0.2) is 45.6 Å². The molecule has 0 aliphatic carbocycles. The van der Waals surface area contributed by atoms with Gasteiger partial charge < -0.3 is 10.1 Å². The Balaban J connectivity index is 2.00. The molecular weight excluding hydrogens is 308 g/mol. The van der Waals surface area contributed by atoms with E-state index in [-0.39, 0.29) is 6.10 Å². The van der Waals surface area contributed by atoms with E-state index in [1.165, 1.54) is 15.6 Å². The van der Waals surface area contributed by atoms with Crippen molar-refractivity contribution in [3.8, 4) is 0 Å². The SMILES string of the molecule is CCNCc1ccc(S(=O)(=O)N(C)CC2CCCCO2)s1. The second-order valence-corrected chi connectivity index (χ2v) is 8.72. The zero-order chi connectivity index (χ0) is 15.3. The summed E-state index contributed by atoms with van der Waals surface area (Å²) in [6, 6.07) is 3.58. The Morgan fingerprint density at radius 3 is 2.90 bits per heavy atom. The number of nitrogens with one attached hydrogen (secondary N) is 1. The molecule has 7 heteroatoms. The maximum absolute atomic E-state index is 12.6. The summed E-state index contributed by atoms with van der Waals surface area (Å²) in [6.07, 6.45) is 3.16. The van der Waals surface area contributed by atoms with Crippen LogP contribution in [-0.2, 0) is 21.3 Å². The number of ether oxygens (including phenoxy) is 1. The van der Waals surface area contributed by atoms with Gasteiger partial charge in [-0.15, -0.1) is 11.3 Å². The van der Waals surface area contributed by atoms with E-state index < -0.39 is 10.0 Å². The molecule has 2 rings (SSSR count). The standard InChI is InChI=1S/C14H24N2O3S2/c1-3-15-10-13-7-8-14(20-13)21(17,18)16(2)11-12-6-4-5-9-19-12/h7-8,12,15H,3-6,9-11H2,1-2H3. The predicted octanol–water partition coefficient (Wildman–Crippen LogP) is 2.05. The number of likely N-dealkylation sites (N-methyl/N-ethyl adjacent to an activating group) is 1. The fourth-order valence-corrected chi connectivity index (χ4v) is 5.07. The first-order chi connectivity index (χ1) is 10.0. The van der Waals surface area contributed by atoms with E-state index in [0.717, 1.165) is 37.3 Å². The van der Waals surface area contributed by atoms with Gasteiger partial charge in [0.25, 0.3) is 10.0 Å². The average molecular weight is 332 g/mol. The first kappa shape index (κ1) is 16.9. The Hall–Kier alpha value is -0.470. The van der Waals surface area contributed by atoms with Crippen LogP contribution in [0.25, 0.3) is 0 Å². The van der Waals surface area contributed by atoms with E-state index in [9.17, 15) is 8.42 Å². The summed E-state index contributed by atoms with van der Waals surface area (Å²) in [7, 11) is -1.76. The number of hydrogen-bond donors (Lipinski definition) is 1. The van der Waals surface area contributed by atoms with Crippen molar-refractivity contribution in [2.45, 2.75) is 43.0 Å². The van der Waals surface area contributed by atoms with E-state index in [1.807, 2.05) is 13.0 Å². The topological polar surface area (TPSA) is 58.6 Å². The summed E-state index contributed by atoms with van der Waals surface area (Å²) in [5.74, 6) is 0. The number of sulfonamides is 1. The van der Waals surface area contributed by atoms with Gasteiger partial charge in [-0.3, -0.25) is 0 Å². The van der Waals surface area contributed by atoms with E-state index in [1.54, 1.807) is 13.1 Å². The van der Waals surface area contributed by atoms with Crippen LogP contribution < -0.4 is 5.32 Å². The lowest BCUT2D eigenvalue weighted by atomic mass is 10.1. The van der Waals surface area contributed by atoms with E-state index in [0.29, 0.717) is 17.3 Å².